The van der Waals surface area contributed by atoms with Crippen LogP contribution in [0.2, 0.25) is 0 Å². The van der Waals surface area contributed by atoms with Gasteiger partial charge in [0, 0.05) is 5.75 Å². The first kappa shape index (κ1) is 13.8. The standard InChI is InChI=1S/C3H9NO3S2.Na/c4-2-1-3-8-9(5,6)7;/h1-4H2,(H,5,6,7);/q;+1/p-1. The van der Waals surface area contributed by atoms with Gasteiger partial charge in [0.1, 0.15) is 9.15 Å². The minimum Gasteiger partial charge on any atom is -0.739 e. The average molecular weight is 193 g/mol. The zero-order valence-corrected chi connectivity index (χ0v) is 9.37. The molecule has 56 valence electrons. The third-order valence-corrected chi connectivity index (χ3v) is 2.69. The second-order valence-electron chi connectivity index (χ2n) is 1.37. The Kier molecular flexibility index (Phi) is 9.51. The van der Waals surface area contributed by atoms with Crippen LogP contribution in [0.15, 0.2) is 0 Å². The van der Waals surface area contributed by atoms with Gasteiger partial charge in [-0.15, -0.1) is 0 Å². The second-order valence-corrected chi connectivity index (χ2v) is 4.76. The Morgan fingerprint density at radius 3 is 2.30 bits per heavy atom. The zero-order valence-electron chi connectivity index (χ0n) is 5.74. The van der Waals surface area contributed by atoms with Crippen molar-refractivity contribution in [1.29, 1.82) is 0 Å². The quantitative estimate of drug-likeness (QED) is 0.217. The van der Waals surface area contributed by atoms with Gasteiger partial charge in [0.25, 0.3) is 0 Å². The maximum absolute atomic E-state index is 9.87. The summed E-state index contributed by atoms with van der Waals surface area (Å²) in [5.74, 6) is 0.294. The largest absolute Gasteiger partial charge is 1.00 e. The maximum Gasteiger partial charge on any atom is 1.00 e. The summed E-state index contributed by atoms with van der Waals surface area (Å²) in [7, 11) is -3.69. The van der Waals surface area contributed by atoms with Crippen molar-refractivity contribution in [2.45, 2.75) is 6.42 Å². The Labute approximate surface area is 86.4 Å². The van der Waals surface area contributed by atoms with Gasteiger partial charge in [0.15, 0.2) is 0 Å². The Balaban J connectivity index is 0. The van der Waals surface area contributed by atoms with Crippen LogP contribution in [0.5, 0.6) is 0 Å². The molecule has 0 fully saturated rings. The molecule has 0 unspecified atom stereocenters. The van der Waals surface area contributed by atoms with E-state index < -0.39 is 9.15 Å². The molecule has 0 spiro atoms. The van der Waals surface area contributed by atoms with E-state index in [4.69, 9.17) is 5.73 Å². The Morgan fingerprint density at radius 2 is 2.00 bits per heavy atom. The van der Waals surface area contributed by atoms with Crippen LogP contribution >= 0.6 is 10.8 Å². The van der Waals surface area contributed by atoms with E-state index in [1.807, 2.05) is 0 Å². The smallest absolute Gasteiger partial charge is 0.739 e. The summed E-state index contributed by atoms with van der Waals surface area (Å²) in [5.41, 5.74) is 5.05. The van der Waals surface area contributed by atoms with Crippen LogP contribution < -0.4 is 35.3 Å². The summed E-state index contributed by atoms with van der Waals surface area (Å²) in [4.78, 5) is 0. The van der Waals surface area contributed by atoms with E-state index in [1.165, 1.54) is 0 Å². The molecule has 10 heavy (non-hydrogen) atoms. The summed E-state index contributed by atoms with van der Waals surface area (Å²) >= 11 is 0. The molecule has 2 N–H and O–H groups in total. The molecule has 0 rings (SSSR count). The normalized spacial score (nSPS) is 10.6. The van der Waals surface area contributed by atoms with E-state index in [1.54, 1.807) is 0 Å². The van der Waals surface area contributed by atoms with Crippen LogP contribution in [0.4, 0.5) is 0 Å². The van der Waals surface area contributed by atoms with Gasteiger partial charge >= 0.3 is 29.6 Å². The number of nitrogens with two attached hydrogens (primary N) is 1. The van der Waals surface area contributed by atoms with Crippen molar-refractivity contribution >= 4 is 19.9 Å². The van der Waals surface area contributed by atoms with Crippen molar-refractivity contribution in [3.8, 4) is 0 Å². The first-order valence-electron chi connectivity index (χ1n) is 2.36. The minimum absolute atomic E-state index is 0. The van der Waals surface area contributed by atoms with E-state index in [2.05, 4.69) is 0 Å². The van der Waals surface area contributed by atoms with Crippen LogP contribution in [-0.4, -0.2) is 25.3 Å². The molecule has 0 radical (unpaired) electrons. The molecule has 0 atom stereocenters. The molecular weight excluding hydrogens is 185 g/mol. The van der Waals surface area contributed by atoms with E-state index in [-0.39, 0.29) is 29.6 Å². The molecule has 0 heterocycles. The molecule has 0 saturated carbocycles. The van der Waals surface area contributed by atoms with Gasteiger partial charge in [-0.25, -0.2) is 8.42 Å². The molecule has 0 bridgehead atoms. The summed E-state index contributed by atoms with van der Waals surface area (Å²) in [6.07, 6.45) is 0.562. The first-order chi connectivity index (χ1) is 4.06. The predicted molar refractivity (Wildman–Crippen MR) is 35.8 cm³/mol. The summed E-state index contributed by atoms with van der Waals surface area (Å²) in [5, 5.41) is 0. The van der Waals surface area contributed by atoms with Crippen molar-refractivity contribution in [3.05, 3.63) is 0 Å². The van der Waals surface area contributed by atoms with Crippen LogP contribution in [-0.2, 0) is 9.15 Å². The number of hydrogen-bond donors (Lipinski definition) is 1. The van der Waals surface area contributed by atoms with Crippen LogP contribution in [0.25, 0.3) is 0 Å². The fourth-order valence-electron chi connectivity index (χ4n) is 0.244. The van der Waals surface area contributed by atoms with E-state index >= 15 is 0 Å². The monoisotopic (exact) mass is 193 g/mol. The molecular formula is C3H8NNaO3S2. The van der Waals surface area contributed by atoms with E-state index in [0.29, 0.717) is 29.5 Å². The molecule has 0 aliphatic heterocycles. The third kappa shape index (κ3) is 12.0. The maximum atomic E-state index is 9.87. The zero-order chi connectivity index (χ0) is 7.33. The topological polar surface area (TPSA) is 83.2 Å². The van der Waals surface area contributed by atoms with E-state index in [0.717, 1.165) is 0 Å². The van der Waals surface area contributed by atoms with Crippen LogP contribution in [0.1, 0.15) is 6.42 Å². The Morgan fingerprint density at radius 1 is 1.50 bits per heavy atom. The van der Waals surface area contributed by atoms with Gasteiger partial charge in [0.05, 0.1) is 0 Å². The van der Waals surface area contributed by atoms with Crippen LogP contribution in [0.3, 0.4) is 0 Å². The van der Waals surface area contributed by atoms with Crippen molar-refractivity contribution in [2.24, 2.45) is 5.73 Å². The third-order valence-electron chi connectivity index (χ3n) is 0.576. The molecule has 0 aromatic heterocycles. The molecule has 4 nitrogen and oxygen atoms in total. The van der Waals surface area contributed by atoms with Crippen molar-refractivity contribution in [1.82, 2.24) is 0 Å². The summed E-state index contributed by atoms with van der Waals surface area (Å²) in [6.45, 7) is 0.419. The van der Waals surface area contributed by atoms with Crippen molar-refractivity contribution in [3.63, 3.8) is 0 Å². The molecule has 0 aliphatic rings. The average Bonchev–Trinajstić information content (AvgIpc) is 1.63. The number of hydrogen-bond acceptors (Lipinski definition) is 5. The van der Waals surface area contributed by atoms with Crippen molar-refractivity contribution < 1.29 is 42.5 Å². The van der Waals surface area contributed by atoms with E-state index in [9.17, 15) is 13.0 Å². The number of rotatable bonds is 4. The van der Waals surface area contributed by atoms with Gasteiger partial charge in [-0.1, -0.05) is 0 Å². The minimum atomic E-state index is -4.09. The predicted octanol–water partition coefficient (Wildman–Crippen LogP) is -3.47. The first-order valence-corrected chi connectivity index (χ1v) is 5.27. The summed E-state index contributed by atoms with van der Waals surface area (Å²) in [6, 6.07) is 0. The SMILES string of the molecule is NCCCSS(=O)(=O)[O-].[Na+]. The van der Waals surface area contributed by atoms with Gasteiger partial charge in [-0.2, -0.15) is 0 Å². The molecule has 0 aromatic carbocycles. The van der Waals surface area contributed by atoms with Crippen LogP contribution in [0, 0.1) is 0 Å². The van der Waals surface area contributed by atoms with Crippen molar-refractivity contribution in [2.75, 3.05) is 12.3 Å². The molecule has 0 amide bonds. The van der Waals surface area contributed by atoms with Gasteiger partial charge < -0.3 is 10.3 Å². The second kappa shape index (κ2) is 6.90. The Hall–Kier alpha value is 1.22. The molecule has 7 heteroatoms. The fraction of sp³-hybridized carbons (Fsp3) is 1.00. The Bertz CT molecular complexity index is 157. The molecule has 0 aromatic rings. The van der Waals surface area contributed by atoms with Gasteiger partial charge in [-0.05, 0) is 23.8 Å². The molecule has 0 aliphatic carbocycles. The summed E-state index contributed by atoms with van der Waals surface area (Å²) < 4.78 is 29.6. The van der Waals surface area contributed by atoms with Gasteiger partial charge in [0.2, 0.25) is 0 Å². The molecule has 0 saturated heterocycles. The van der Waals surface area contributed by atoms with Gasteiger partial charge in [-0.3, -0.25) is 0 Å². The fourth-order valence-corrected chi connectivity index (χ4v) is 1.70.